The van der Waals surface area contributed by atoms with Gasteiger partial charge in [0.1, 0.15) is 5.82 Å². The zero-order chi connectivity index (χ0) is 14.1. The SMILES string of the molecule is Cc1ccc(F)cc1CC(O)C1CN2CCCC2CO1. The van der Waals surface area contributed by atoms with Crippen molar-refractivity contribution in [3.05, 3.63) is 35.1 Å². The molecule has 0 spiro atoms. The molecule has 0 bridgehead atoms. The lowest BCUT2D eigenvalue weighted by Crippen LogP contribution is -2.50. The van der Waals surface area contributed by atoms with Gasteiger partial charge in [-0.2, -0.15) is 0 Å². The van der Waals surface area contributed by atoms with E-state index in [2.05, 4.69) is 4.90 Å². The van der Waals surface area contributed by atoms with E-state index in [9.17, 15) is 9.50 Å². The third-order valence-corrected chi connectivity index (χ3v) is 4.59. The van der Waals surface area contributed by atoms with Crippen LogP contribution in [0.15, 0.2) is 18.2 Å². The molecule has 3 unspecified atom stereocenters. The van der Waals surface area contributed by atoms with Crippen LogP contribution < -0.4 is 0 Å². The van der Waals surface area contributed by atoms with Crippen LogP contribution in [0.25, 0.3) is 0 Å². The monoisotopic (exact) mass is 279 g/mol. The average Bonchev–Trinajstić information content (AvgIpc) is 2.90. The van der Waals surface area contributed by atoms with Crippen LogP contribution in [0.4, 0.5) is 4.39 Å². The normalized spacial score (nSPS) is 28.4. The lowest BCUT2D eigenvalue weighted by Gasteiger charge is -2.37. The summed E-state index contributed by atoms with van der Waals surface area (Å²) >= 11 is 0. The topological polar surface area (TPSA) is 32.7 Å². The van der Waals surface area contributed by atoms with Crippen LogP contribution in [-0.4, -0.2) is 48.0 Å². The van der Waals surface area contributed by atoms with Gasteiger partial charge in [-0.1, -0.05) is 6.07 Å². The van der Waals surface area contributed by atoms with Crippen LogP contribution in [-0.2, 0) is 11.2 Å². The molecule has 0 aliphatic carbocycles. The van der Waals surface area contributed by atoms with Crippen molar-refractivity contribution in [2.24, 2.45) is 0 Å². The maximum absolute atomic E-state index is 13.3. The molecule has 3 nitrogen and oxygen atoms in total. The van der Waals surface area contributed by atoms with Crippen molar-refractivity contribution in [3.63, 3.8) is 0 Å². The Kier molecular flexibility index (Phi) is 4.06. The predicted octanol–water partition coefficient (Wildman–Crippen LogP) is 1.90. The van der Waals surface area contributed by atoms with Crippen molar-refractivity contribution >= 4 is 0 Å². The molecule has 110 valence electrons. The van der Waals surface area contributed by atoms with E-state index < -0.39 is 6.10 Å². The smallest absolute Gasteiger partial charge is 0.123 e. The summed E-state index contributed by atoms with van der Waals surface area (Å²) in [5.74, 6) is -0.248. The molecule has 1 aromatic carbocycles. The molecule has 2 fully saturated rings. The second kappa shape index (κ2) is 5.80. The molecular formula is C16H22FNO2. The number of halogens is 1. The Morgan fingerprint density at radius 3 is 3.20 bits per heavy atom. The van der Waals surface area contributed by atoms with Gasteiger partial charge in [-0.3, -0.25) is 4.90 Å². The Bertz CT molecular complexity index is 480. The van der Waals surface area contributed by atoms with Crippen LogP contribution in [0.2, 0.25) is 0 Å². The summed E-state index contributed by atoms with van der Waals surface area (Å²) in [7, 11) is 0. The third kappa shape index (κ3) is 2.87. The number of aliphatic hydroxyl groups excluding tert-OH is 1. The molecule has 0 saturated carbocycles. The van der Waals surface area contributed by atoms with E-state index in [1.54, 1.807) is 6.07 Å². The highest BCUT2D eigenvalue weighted by Gasteiger charge is 2.35. The van der Waals surface area contributed by atoms with Crippen molar-refractivity contribution < 1.29 is 14.2 Å². The molecule has 4 heteroatoms. The van der Waals surface area contributed by atoms with Crippen molar-refractivity contribution in [2.75, 3.05) is 19.7 Å². The number of benzene rings is 1. The first-order chi connectivity index (χ1) is 9.63. The number of fused-ring (bicyclic) bond motifs is 1. The fraction of sp³-hybridized carbons (Fsp3) is 0.625. The molecule has 20 heavy (non-hydrogen) atoms. The Morgan fingerprint density at radius 2 is 2.35 bits per heavy atom. The fourth-order valence-electron chi connectivity index (χ4n) is 3.29. The molecular weight excluding hydrogens is 257 g/mol. The predicted molar refractivity (Wildman–Crippen MR) is 75.2 cm³/mol. The minimum atomic E-state index is -0.572. The summed E-state index contributed by atoms with van der Waals surface area (Å²) in [6, 6.07) is 5.27. The first-order valence-electron chi connectivity index (χ1n) is 7.42. The molecule has 2 saturated heterocycles. The lowest BCUT2D eigenvalue weighted by atomic mass is 9.98. The highest BCUT2D eigenvalue weighted by molar-refractivity contribution is 5.27. The Balaban J connectivity index is 1.64. The zero-order valence-electron chi connectivity index (χ0n) is 11.9. The maximum atomic E-state index is 13.3. The fourth-order valence-corrected chi connectivity index (χ4v) is 3.29. The van der Waals surface area contributed by atoms with Crippen LogP contribution in [0.5, 0.6) is 0 Å². The Hall–Kier alpha value is -0.970. The van der Waals surface area contributed by atoms with Gasteiger partial charge in [0.05, 0.1) is 18.8 Å². The van der Waals surface area contributed by atoms with Crippen molar-refractivity contribution in [1.29, 1.82) is 0 Å². The maximum Gasteiger partial charge on any atom is 0.123 e. The Morgan fingerprint density at radius 1 is 1.50 bits per heavy atom. The lowest BCUT2D eigenvalue weighted by molar-refractivity contribution is -0.101. The zero-order valence-corrected chi connectivity index (χ0v) is 11.9. The minimum absolute atomic E-state index is 0.160. The second-order valence-electron chi connectivity index (χ2n) is 6.01. The number of rotatable bonds is 3. The first kappa shape index (κ1) is 14.0. The summed E-state index contributed by atoms with van der Waals surface area (Å²) in [5, 5.41) is 10.4. The van der Waals surface area contributed by atoms with Gasteiger partial charge in [0.2, 0.25) is 0 Å². The molecule has 2 aliphatic rings. The molecule has 1 aromatic rings. The summed E-state index contributed by atoms with van der Waals surface area (Å²) < 4.78 is 19.1. The van der Waals surface area contributed by atoms with Gasteiger partial charge in [-0.05, 0) is 49.6 Å². The van der Waals surface area contributed by atoms with Gasteiger partial charge in [0, 0.05) is 19.0 Å². The van der Waals surface area contributed by atoms with Gasteiger partial charge in [0.15, 0.2) is 0 Å². The standard InChI is InChI=1S/C16H22FNO2/c1-11-4-5-13(17)7-12(11)8-15(19)16-9-18-6-2-3-14(18)10-20-16/h4-5,7,14-16,19H,2-3,6,8-10H2,1H3. The third-order valence-electron chi connectivity index (χ3n) is 4.59. The Labute approximate surface area is 119 Å². The van der Waals surface area contributed by atoms with Crippen molar-refractivity contribution in [2.45, 2.75) is 44.4 Å². The van der Waals surface area contributed by atoms with E-state index >= 15 is 0 Å². The van der Waals surface area contributed by atoms with Gasteiger partial charge in [0.25, 0.3) is 0 Å². The first-order valence-corrected chi connectivity index (χ1v) is 7.42. The van der Waals surface area contributed by atoms with Crippen LogP contribution in [0.3, 0.4) is 0 Å². The molecule has 3 rings (SSSR count). The summed E-state index contributed by atoms with van der Waals surface area (Å²) in [5.41, 5.74) is 1.88. The van der Waals surface area contributed by atoms with Gasteiger partial charge >= 0.3 is 0 Å². The van der Waals surface area contributed by atoms with Gasteiger partial charge in [-0.15, -0.1) is 0 Å². The summed E-state index contributed by atoms with van der Waals surface area (Å²) in [6.45, 7) is 4.56. The molecule has 2 aliphatic heterocycles. The number of morpholine rings is 1. The number of ether oxygens (including phenoxy) is 1. The van der Waals surface area contributed by atoms with Crippen molar-refractivity contribution in [3.8, 4) is 0 Å². The van der Waals surface area contributed by atoms with E-state index in [1.165, 1.54) is 25.0 Å². The molecule has 0 aromatic heterocycles. The molecule has 2 heterocycles. The molecule has 0 radical (unpaired) electrons. The number of aliphatic hydroxyl groups is 1. The van der Waals surface area contributed by atoms with E-state index in [4.69, 9.17) is 4.74 Å². The number of nitrogens with zero attached hydrogens (tertiary/aromatic N) is 1. The number of hydrogen-bond donors (Lipinski definition) is 1. The molecule has 1 N–H and O–H groups in total. The summed E-state index contributed by atoms with van der Waals surface area (Å²) in [4.78, 5) is 2.41. The van der Waals surface area contributed by atoms with E-state index in [0.29, 0.717) is 19.1 Å². The highest BCUT2D eigenvalue weighted by atomic mass is 19.1. The average molecular weight is 279 g/mol. The van der Waals surface area contributed by atoms with Crippen LogP contribution in [0, 0.1) is 12.7 Å². The number of hydrogen-bond acceptors (Lipinski definition) is 3. The molecule has 3 atom stereocenters. The van der Waals surface area contributed by atoms with E-state index in [1.807, 2.05) is 6.92 Å². The second-order valence-corrected chi connectivity index (χ2v) is 6.01. The number of aryl methyl sites for hydroxylation is 1. The van der Waals surface area contributed by atoms with E-state index in [-0.39, 0.29) is 11.9 Å². The largest absolute Gasteiger partial charge is 0.390 e. The minimum Gasteiger partial charge on any atom is -0.390 e. The van der Waals surface area contributed by atoms with Gasteiger partial charge in [-0.25, -0.2) is 4.39 Å². The quantitative estimate of drug-likeness (QED) is 0.917. The molecule has 0 amide bonds. The summed E-state index contributed by atoms with van der Waals surface area (Å²) in [6.07, 6.45) is 2.14. The highest BCUT2D eigenvalue weighted by Crippen LogP contribution is 2.25. The van der Waals surface area contributed by atoms with Gasteiger partial charge < -0.3 is 9.84 Å². The van der Waals surface area contributed by atoms with E-state index in [0.717, 1.165) is 24.2 Å². The van der Waals surface area contributed by atoms with Crippen LogP contribution in [0.1, 0.15) is 24.0 Å². The van der Waals surface area contributed by atoms with Crippen LogP contribution >= 0.6 is 0 Å². The van der Waals surface area contributed by atoms with Crippen molar-refractivity contribution in [1.82, 2.24) is 4.90 Å².